The molecule has 0 spiro atoms. The van der Waals surface area contributed by atoms with E-state index in [-0.39, 0.29) is 24.3 Å². The molecule has 0 atom stereocenters. The fourth-order valence-corrected chi connectivity index (χ4v) is 1.33. The minimum absolute atomic E-state index is 0.0124. The zero-order chi connectivity index (χ0) is 13.5. The first-order chi connectivity index (χ1) is 8.54. The number of carbonyl (C=O) groups excluding carboxylic acids is 1. The minimum atomic E-state index is -0.608. The van der Waals surface area contributed by atoms with E-state index in [9.17, 15) is 19.3 Å². The zero-order valence-electron chi connectivity index (χ0n) is 9.76. The smallest absolute Gasteiger partial charge is 0.309 e. The van der Waals surface area contributed by atoms with Gasteiger partial charge in [-0.2, -0.15) is 0 Å². The molecular formula is C12H12FNO4. The van der Waals surface area contributed by atoms with Gasteiger partial charge in [-0.3, -0.25) is 14.9 Å². The summed E-state index contributed by atoms with van der Waals surface area (Å²) in [7, 11) is 0. The Morgan fingerprint density at radius 2 is 2.28 bits per heavy atom. The van der Waals surface area contributed by atoms with Gasteiger partial charge in [0.05, 0.1) is 23.5 Å². The number of nitro benzene ring substituents is 1. The SMILES string of the molecule is CCOC(=O)CC=Cc1cc(F)ccc1[N+](=O)[O-]. The largest absolute Gasteiger partial charge is 0.466 e. The van der Waals surface area contributed by atoms with E-state index < -0.39 is 16.7 Å². The summed E-state index contributed by atoms with van der Waals surface area (Å²) in [6.07, 6.45) is 2.72. The van der Waals surface area contributed by atoms with Crippen LogP contribution in [0, 0.1) is 15.9 Å². The molecule has 1 aromatic carbocycles. The molecule has 0 saturated carbocycles. The van der Waals surface area contributed by atoms with Crippen LogP contribution in [0.2, 0.25) is 0 Å². The highest BCUT2D eigenvalue weighted by molar-refractivity contribution is 5.73. The van der Waals surface area contributed by atoms with Crippen LogP contribution >= 0.6 is 0 Å². The van der Waals surface area contributed by atoms with Crippen molar-refractivity contribution < 1.29 is 18.8 Å². The number of carbonyl (C=O) groups is 1. The Kier molecular flexibility index (Phi) is 4.98. The lowest BCUT2D eigenvalue weighted by Crippen LogP contribution is -2.01. The van der Waals surface area contributed by atoms with E-state index in [0.717, 1.165) is 18.2 Å². The van der Waals surface area contributed by atoms with Gasteiger partial charge in [-0.15, -0.1) is 0 Å². The summed E-state index contributed by atoms with van der Waals surface area (Å²) >= 11 is 0. The summed E-state index contributed by atoms with van der Waals surface area (Å²) in [6.45, 7) is 1.95. The van der Waals surface area contributed by atoms with E-state index in [2.05, 4.69) is 4.74 Å². The second-order valence-electron chi connectivity index (χ2n) is 3.37. The Balaban J connectivity index is 2.82. The van der Waals surface area contributed by atoms with Crippen LogP contribution in [0.15, 0.2) is 24.3 Å². The fourth-order valence-electron chi connectivity index (χ4n) is 1.33. The Morgan fingerprint density at radius 3 is 2.89 bits per heavy atom. The van der Waals surface area contributed by atoms with Crippen LogP contribution in [0.5, 0.6) is 0 Å². The summed E-state index contributed by atoms with van der Waals surface area (Å²) in [6, 6.07) is 3.14. The van der Waals surface area contributed by atoms with Gasteiger partial charge in [0.2, 0.25) is 0 Å². The molecule has 0 heterocycles. The van der Waals surface area contributed by atoms with Crippen LogP contribution in [-0.4, -0.2) is 17.5 Å². The number of benzene rings is 1. The third-order valence-electron chi connectivity index (χ3n) is 2.07. The number of esters is 1. The first-order valence-electron chi connectivity index (χ1n) is 5.30. The van der Waals surface area contributed by atoms with Crippen LogP contribution in [0.4, 0.5) is 10.1 Å². The van der Waals surface area contributed by atoms with Crippen molar-refractivity contribution in [2.24, 2.45) is 0 Å². The normalized spacial score (nSPS) is 10.6. The van der Waals surface area contributed by atoms with E-state index in [0.29, 0.717) is 0 Å². The maximum atomic E-state index is 13.0. The Bertz CT molecular complexity index is 485. The summed E-state index contributed by atoms with van der Waals surface area (Å²) in [5.41, 5.74) is -0.0965. The topological polar surface area (TPSA) is 69.4 Å². The average Bonchev–Trinajstić information content (AvgIpc) is 2.29. The molecule has 0 amide bonds. The summed E-state index contributed by atoms with van der Waals surface area (Å²) in [4.78, 5) is 21.1. The first-order valence-corrected chi connectivity index (χ1v) is 5.30. The molecule has 0 aliphatic heterocycles. The van der Waals surface area contributed by atoms with Gasteiger partial charge in [-0.05, 0) is 19.1 Å². The number of hydrogen-bond donors (Lipinski definition) is 0. The fraction of sp³-hybridized carbons (Fsp3) is 0.250. The van der Waals surface area contributed by atoms with Gasteiger partial charge in [0.25, 0.3) is 5.69 Å². The van der Waals surface area contributed by atoms with Crippen LogP contribution in [0.25, 0.3) is 6.08 Å². The van der Waals surface area contributed by atoms with Crippen molar-refractivity contribution in [3.63, 3.8) is 0 Å². The quantitative estimate of drug-likeness (QED) is 0.459. The van der Waals surface area contributed by atoms with E-state index in [1.165, 1.54) is 12.2 Å². The molecule has 0 N–H and O–H groups in total. The third kappa shape index (κ3) is 3.97. The van der Waals surface area contributed by atoms with Gasteiger partial charge in [-0.25, -0.2) is 4.39 Å². The molecule has 96 valence electrons. The van der Waals surface area contributed by atoms with Gasteiger partial charge in [0.1, 0.15) is 5.82 Å². The van der Waals surface area contributed by atoms with Crippen molar-refractivity contribution in [3.8, 4) is 0 Å². The van der Waals surface area contributed by atoms with Crippen molar-refractivity contribution in [2.45, 2.75) is 13.3 Å². The predicted molar refractivity (Wildman–Crippen MR) is 63.3 cm³/mol. The first kappa shape index (κ1) is 13.8. The summed E-state index contributed by atoms with van der Waals surface area (Å²) in [5.74, 6) is -1.01. The van der Waals surface area contributed by atoms with Crippen LogP contribution in [-0.2, 0) is 9.53 Å². The molecule has 0 unspecified atom stereocenters. The molecule has 6 heteroatoms. The van der Waals surface area contributed by atoms with Crippen molar-refractivity contribution in [1.29, 1.82) is 0 Å². The minimum Gasteiger partial charge on any atom is -0.466 e. The highest BCUT2D eigenvalue weighted by Crippen LogP contribution is 2.21. The maximum Gasteiger partial charge on any atom is 0.309 e. The van der Waals surface area contributed by atoms with Crippen molar-refractivity contribution in [3.05, 3.63) is 45.8 Å². The average molecular weight is 253 g/mol. The zero-order valence-corrected chi connectivity index (χ0v) is 9.76. The number of halogens is 1. The van der Waals surface area contributed by atoms with Gasteiger partial charge >= 0.3 is 5.97 Å². The maximum absolute atomic E-state index is 13.0. The van der Waals surface area contributed by atoms with E-state index in [1.807, 2.05) is 0 Å². The highest BCUT2D eigenvalue weighted by atomic mass is 19.1. The number of hydrogen-bond acceptors (Lipinski definition) is 4. The predicted octanol–water partition coefficient (Wildman–Crippen LogP) is 2.70. The molecule has 1 aromatic rings. The summed E-state index contributed by atoms with van der Waals surface area (Å²) < 4.78 is 17.7. The van der Waals surface area contributed by atoms with Gasteiger partial charge in [0.15, 0.2) is 0 Å². The van der Waals surface area contributed by atoms with Gasteiger partial charge in [0, 0.05) is 6.07 Å². The second kappa shape index (κ2) is 6.48. The monoisotopic (exact) mass is 253 g/mol. The molecule has 1 rings (SSSR count). The second-order valence-corrected chi connectivity index (χ2v) is 3.37. The number of nitro groups is 1. The lowest BCUT2D eigenvalue weighted by Gasteiger charge is -1.98. The van der Waals surface area contributed by atoms with Gasteiger partial charge in [-0.1, -0.05) is 12.2 Å². The molecular weight excluding hydrogens is 241 g/mol. The lowest BCUT2D eigenvalue weighted by atomic mass is 10.1. The van der Waals surface area contributed by atoms with E-state index >= 15 is 0 Å². The van der Waals surface area contributed by atoms with Crippen LogP contribution < -0.4 is 0 Å². The van der Waals surface area contributed by atoms with Crippen LogP contribution in [0.1, 0.15) is 18.9 Å². The number of rotatable bonds is 5. The van der Waals surface area contributed by atoms with Crippen molar-refractivity contribution in [2.75, 3.05) is 6.61 Å². The van der Waals surface area contributed by atoms with E-state index in [4.69, 9.17) is 0 Å². The molecule has 5 nitrogen and oxygen atoms in total. The molecule has 18 heavy (non-hydrogen) atoms. The molecule has 0 saturated heterocycles. The van der Waals surface area contributed by atoms with Crippen molar-refractivity contribution >= 4 is 17.7 Å². The Hall–Kier alpha value is -2.24. The molecule has 0 bridgehead atoms. The number of nitrogens with zero attached hydrogens (tertiary/aromatic N) is 1. The van der Waals surface area contributed by atoms with Crippen molar-refractivity contribution in [1.82, 2.24) is 0 Å². The molecule has 0 radical (unpaired) electrons. The summed E-state index contributed by atoms with van der Waals surface area (Å²) in [5, 5.41) is 10.7. The molecule has 0 aromatic heterocycles. The van der Waals surface area contributed by atoms with E-state index in [1.54, 1.807) is 6.92 Å². The Morgan fingerprint density at radius 1 is 1.56 bits per heavy atom. The Labute approximate surface area is 103 Å². The van der Waals surface area contributed by atoms with Gasteiger partial charge < -0.3 is 4.74 Å². The molecule has 0 aliphatic rings. The molecule has 0 aliphatic carbocycles. The molecule has 0 fully saturated rings. The standard InChI is InChI=1S/C12H12FNO4/c1-2-18-12(15)5-3-4-9-8-10(13)6-7-11(9)14(16)17/h3-4,6-8H,2,5H2,1H3. The highest BCUT2D eigenvalue weighted by Gasteiger charge is 2.11. The number of ether oxygens (including phenoxy) is 1. The lowest BCUT2D eigenvalue weighted by molar-refractivity contribution is -0.385. The van der Waals surface area contributed by atoms with Crippen LogP contribution in [0.3, 0.4) is 0 Å². The third-order valence-corrected chi connectivity index (χ3v) is 2.07.